The van der Waals surface area contributed by atoms with E-state index in [0.29, 0.717) is 11.1 Å². The highest BCUT2D eigenvalue weighted by molar-refractivity contribution is 5.85. The van der Waals surface area contributed by atoms with Gasteiger partial charge in [-0.3, -0.25) is 0 Å². The predicted octanol–water partition coefficient (Wildman–Crippen LogP) is 4.44. The molecule has 0 spiro atoms. The summed E-state index contributed by atoms with van der Waals surface area (Å²) in [4.78, 5) is 0. The van der Waals surface area contributed by atoms with Crippen LogP contribution in [-0.4, -0.2) is 11.1 Å². The van der Waals surface area contributed by atoms with Crippen molar-refractivity contribution in [3.63, 3.8) is 0 Å². The summed E-state index contributed by atoms with van der Waals surface area (Å²) in [6.07, 6.45) is 14.2. The Morgan fingerprint density at radius 3 is 1.25 bits per heavy atom. The molecule has 2 rings (SSSR count). The van der Waals surface area contributed by atoms with E-state index < -0.39 is 0 Å². The summed E-state index contributed by atoms with van der Waals surface area (Å²) in [6.45, 7) is 4.90. The smallest absolute Gasteiger partial charge is 0.0158 e. The highest BCUT2D eigenvalue weighted by Crippen LogP contribution is 2.34. The van der Waals surface area contributed by atoms with Gasteiger partial charge in [-0.1, -0.05) is 38.5 Å². The van der Waals surface area contributed by atoms with E-state index in [9.17, 15) is 0 Å². The lowest BCUT2D eigenvalue weighted by Crippen LogP contribution is -2.56. The molecule has 0 aliphatic heterocycles. The maximum atomic E-state index is 4.01. The van der Waals surface area contributed by atoms with Gasteiger partial charge in [0.15, 0.2) is 0 Å². The van der Waals surface area contributed by atoms with Crippen LogP contribution in [0.3, 0.4) is 0 Å². The molecule has 0 aromatic heterocycles. The number of hydrogen-bond donors (Lipinski definition) is 1. The zero-order chi connectivity index (χ0) is 10.8. The van der Waals surface area contributed by atoms with Crippen molar-refractivity contribution in [1.29, 1.82) is 0 Å². The molecule has 2 aliphatic rings. The third-order valence-corrected chi connectivity index (χ3v) is 4.52. The predicted molar refractivity (Wildman–Crippen MR) is 73.4 cm³/mol. The second kappa shape index (κ2) is 5.73. The van der Waals surface area contributed by atoms with Crippen LogP contribution in [0.4, 0.5) is 0 Å². The molecule has 0 atom stereocenters. The SMILES string of the molecule is CC1(NC2(C)CCCCC2)CCCCC1.Cl. The van der Waals surface area contributed by atoms with E-state index >= 15 is 0 Å². The van der Waals surface area contributed by atoms with Crippen molar-refractivity contribution in [1.82, 2.24) is 5.32 Å². The minimum Gasteiger partial charge on any atom is -0.306 e. The lowest BCUT2D eigenvalue weighted by atomic mass is 9.77. The Labute approximate surface area is 107 Å². The fourth-order valence-electron chi connectivity index (χ4n) is 3.64. The van der Waals surface area contributed by atoms with Crippen LogP contribution in [0.5, 0.6) is 0 Å². The van der Waals surface area contributed by atoms with Crippen LogP contribution in [0, 0.1) is 0 Å². The van der Waals surface area contributed by atoms with E-state index in [1.807, 2.05) is 0 Å². The average Bonchev–Trinajstić information content (AvgIpc) is 2.18. The van der Waals surface area contributed by atoms with Crippen molar-refractivity contribution in [3.05, 3.63) is 0 Å². The summed E-state index contributed by atoms with van der Waals surface area (Å²) < 4.78 is 0. The summed E-state index contributed by atoms with van der Waals surface area (Å²) in [5.74, 6) is 0. The van der Waals surface area contributed by atoms with E-state index in [4.69, 9.17) is 0 Å². The lowest BCUT2D eigenvalue weighted by Gasteiger charge is -2.45. The van der Waals surface area contributed by atoms with Crippen LogP contribution in [0.2, 0.25) is 0 Å². The van der Waals surface area contributed by atoms with Crippen LogP contribution in [0.15, 0.2) is 0 Å². The number of nitrogens with one attached hydrogen (secondary N) is 1. The van der Waals surface area contributed by atoms with Gasteiger partial charge < -0.3 is 5.32 Å². The first kappa shape index (κ1) is 14.3. The Morgan fingerprint density at radius 1 is 0.625 bits per heavy atom. The first-order valence-electron chi connectivity index (χ1n) is 6.91. The monoisotopic (exact) mass is 245 g/mol. The van der Waals surface area contributed by atoms with Gasteiger partial charge >= 0.3 is 0 Å². The molecule has 0 saturated heterocycles. The minimum atomic E-state index is 0. The third-order valence-electron chi connectivity index (χ3n) is 4.52. The third kappa shape index (κ3) is 3.63. The van der Waals surface area contributed by atoms with Crippen molar-refractivity contribution in [2.75, 3.05) is 0 Å². The van der Waals surface area contributed by atoms with Gasteiger partial charge in [0, 0.05) is 11.1 Å². The van der Waals surface area contributed by atoms with E-state index in [2.05, 4.69) is 19.2 Å². The lowest BCUT2D eigenvalue weighted by molar-refractivity contribution is 0.145. The molecule has 0 radical (unpaired) electrons. The van der Waals surface area contributed by atoms with E-state index in [1.54, 1.807) is 0 Å². The van der Waals surface area contributed by atoms with Crippen molar-refractivity contribution in [2.45, 2.75) is 89.1 Å². The maximum absolute atomic E-state index is 4.01. The zero-order valence-electron chi connectivity index (χ0n) is 11.0. The number of halogens is 1. The van der Waals surface area contributed by atoms with Crippen LogP contribution in [0.1, 0.15) is 78.1 Å². The molecule has 0 aromatic rings. The molecule has 1 N–H and O–H groups in total. The molecule has 16 heavy (non-hydrogen) atoms. The fraction of sp³-hybridized carbons (Fsp3) is 1.00. The molecule has 0 bridgehead atoms. The first-order valence-corrected chi connectivity index (χ1v) is 6.91. The molecule has 0 aromatic carbocycles. The van der Waals surface area contributed by atoms with Gasteiger partial charge in [0.1, 0.15) is 0 Å². The quantitative estimate of drug-likeness (QED) is 0.758. The largest absolute Gasteiger partial charge is 0.306 e. The van der Waals surface area contributed by atoms with Gasteiger partial charge in [-0.05, 0) is 39.5 Å². The molecule has 0 unspecified atom stereocenters. The molecule has 96 valence electrons. The highest BCUT2D eigenvalue weighted by Gasteiger charge is 2.35. The minimum absolute atomic E-state index is 0. The Bertz CT molecular complexity index is 181. The van der Waals surface area contributed by atoms with Gasteiger partial charge in [0.25, 0.3) is 0 Å². The van der Waals surface area contributed by atoms with Crippen molar-refractivity contribution in [3.8, 4) is 0 Å². The standard InChI is InChI=1S/C14H27N.ClH/c1-13(9-5-3-6-10-13)15-14(2)11-7-4-8-12-14;/h15H,3-12H2,1-2H3;1H. The molecular formula is C14H28ClN. The van der Waals surface area contributed by atoms with E-state index in [0.717, 1.165) is 0 Å². The van der Waals surface area contributed by atoms with Gasteiger partial charge in [0.05, 0.1) is 0 Å². The summed E-state index contributed by atoms with van der Waals surface area (Å²) in [5, 5.41) is 4.01. The average molecular weight is 246 g/mol. The van der Waals surface area contributed by atoms with Crippen LogP contribution < -0.4 is 5.32 Å². The molecule has 0 amide bonds. The van der Waals surface area contributed by atoms with Crippen molar-refractivity contribution < 1.29 is 0 Å². The topological polar surface area (TPSA) is 12.0 Å². The summed E-state index contributed by atoms with van der Waals surface area (Å²) in [6, 6.07) is 0. The highest BCUT2D eigenvalue weighted by atomic mass is 35.5. The normalized spacial score (nSPS) is 28.1. The first-order chi connectivity index (χ1) is 7.12. The maximum Gasteiger partial charge on any atom is 0.0158 e. The van der Waals surface area contributed by atoms with Gasteiger partial charge in [-0.25, -0.2) is 0 Å². The molecule has 2 saturated carbocycles. The molecule has 0 heterocycles. The Kier molecular flexibility index (Phi) is 5.12. The second-order valence-corrected chi connectivity index (χ2v) is 6.37. The van der Waals surface area contributed by atoms with Crippen molar-refractivity contribution >= 4 is 12.4 Å². The zero-order valence-corrected chi connectivity index (χ0v) is 11.8. The molecular weight excluding hydrogens is 218 g/mol. The molecule has 2 fully saturated rings. The van der Waals surface area contributed by atoms with Gasteiger partial charge in [-0.2, -0.15) is 0 Å². The number of rotatable bonds is 2. The fourth-order valence-corrected chi connectivity index (χ4v) is 3.64. The molecule has 2 heteroatoms. The van der Waals surface area contributed by atoms with Gasteiger partial charge in [-0.15, -0.1) is 12.4 Å². The van der Waals surface area contributed by atoms with Crippen molar-refractivity contribution in [2.24, 2.45) is 0 Å². The van der Waals surface area contributed by atoms with E-state index in [1.165, 1.54) is 64.2 Å². The Morgan fingerprint density at radius 2 is 0.938 bits per heavy atom. The Hall–Kier alpha value is 0.250. The van der Waals surface area contributed by atoms with Crippen LogP contribution in [0.25, 0.3) is 0 Å². The molecule has 2 aliphatic carbocycles. The van der Waals surface area contributed by atoms with Gasteiger partial charge in [0.2, 0.25) is 0 Å². The Balaban J connectivity index is 0.00000128. The summed E-state index contributed by atoms with van der Waals surface area (Å²) >= 11 is 0. The van der Waals surface area contributed by atoms with E-state index in [-0.39, 0.29) is 12.4 Å². The van der Waals surface area contributed by atoms with Crippen LogP contribution in [-0.2, 0) is 0 Å². The summed E-state index contributed by atoms with van der Waals surface area (Å²) in [7, 11) is 0. The second-order valence-electron chi connectivity index (χ2n) is 6.37. The summed E-state index contributed by atoms with van der Waals surface area (Å²) in [5.41, 5.74) is 0.898. The number of hydrogen-bond acceptors (Lipinski definition) is 1. The van der Waals surface area contributed by atoms with Crippen LogP contribution >= 0.6 is 12.4 Å². The molecule has 1 nitrogen and oxygen atoms in total.